The average Bonchev–Trinajstić information content (AvgIpc) is 2.82. The van der Waals surface area contributed by atoms with Crippen molar-refractivity contribution in [3.05, 3.63) is 16.7 Å². The SMILES string of the molecule is O=CNc1cc(Cl)c(C=O)c(OC2CCNC2)n1. The summed E-state index contributed by atoms with van der Waals surface area (Å²) >= 11 is 5.93. The van der Waals surface area contributed by atoms with Crippen LogP contribution in [0, 0.1) is 0 Å². The number of anilines is 1. The summed E-state index contributed by atoms with van der Waals surface area (Å²) in [5, 5.41) is 5.72. The van der Waals surface area contributed by atoms with Crippen LogP contribution in [0.2, 0.25) is 5.02 Å². The van der Waals surface area contributed by atoms with E-state index in [0.29, 0.717) is 19.2 Å². The first-order valence-electron chi connectivity index (χ1n) is 5.48. The molecule has 0 spiro atoms. The van der Waals surface area contributed by atoms with E-state index < -0.39 is 0 Å². The molecule has 0 radical (unpaired) electrons. The molecular weight excluding hydrogens is 258 g/mol. The second-order valence-electron chi connectivity index (χ2n) is 3.82. The maximum atomic E-state index is 11.0. The molecule has 96 valence electrons. The molecule has 1 unspecified atom stereocenters. The van der Waals surface area contributed by atoms with Gasteiger partial charge in [0.2, 0.25) is 12.3 Å². The van der Waals surface area contributed by atoms with Crippen LogP contribution >= 0.6 is 11.6 Å². The van der Waals surface area contributed by atoms with Crippen molar-refractivity contribution in [2.45, 2.75) is 12.5 Å². The number of hydrogen-bond donors (Lipinski definition) is 2. The van der Waals surface area contributed by atoms with Crippen molar-refractivity contribution in [2.24, 2.45) is 0 Å². The maximum absolute atomic E-state index is 11.0. The second-order valence-corrected chi connectivity index (χ2v) is 4.23. The van der Waals surface area contributed by atoms with E-state index in [4.69, 9.17) is 16.3 Å². The molecule has 1 aliphatic rings. The predicted molar refractivity (Wildman–Crippen MR) is 66.2 cm³/mol. The van der Waals surface area contributed by atoms with Crippen LogP contribution in [0.1, 0.15) is 16.8 Å². The molecule has 0 aromatic carbocycles. The van der Waals surface area contributed by atoms with Gasteiger partial charge in [0.05, 0.1) is 10.6 Å². The summed E-state index contributed by atoms with van der Waals surface area (Å²) in [4.78, 5) is 25.4. The summed E-state index contributed by atoms with van der Waals surface area (Å²) in [5.74, 6) is 0.400. The maximum Gasteiger partial charge on any atom is 0.227 e. The molecule has 1 aromatic rings. The van der Waals surface area contributed by atoms with Crippen molar-refractivity contribution in [2.75, 3.05) is 18.4 Å². The third-order valence-corrected chi connectivity index (χ3v) is 2.90. The Labute approximate surface area is 109 Å². The van der Waals surface area contributed by atoms with Gasteiger partial charge < -0.3 is 15.4 Å². The van der Waals surface area contributed by atoms with Gasteiger partial charge in [0, 0.05) is 12.6 Å². The highest BCUT2D eigenvalue weighted by molar-refractivity contribution is 6.33. The van der Waals surface area contributed by atoms with Crippen LogP contribution in [0.25, 0.3) is 0 Å². The average molecular weight is 270 g/mol. The molecule has 0 bridgehead atoms. The molecular formula is C11H12ClN3O3. The van der Waals surface area contributed by atoms with Crippen LogP contribution in [0.15, 0.2) is 6.07 Å². The van der Waals surface area contributed by atoms with E-state index in [1.807, 2.05) is 0 Å². The van der Waals surface area contributed by atoms with Gasteiger partial charge in [0.25, 0.3) is 0 Å². The number of rotatable bonds is 5. The summed E-state index contributed by atoms with van der Waals surface area (Å²) < 4.78 is 5.62. The van der Waals surface area contributed by atoms with E-state index in [1.54, 1.807) is 0 Å². The van der Waals surface area contributed by atoms with Gasteiger partial charge in [-0.25, -0.2) is 0 Å². The lowest BCUT2D eigenvalue weighted by atomic mass is 10.2. The number of hydrogen-bond acceptors (Lipinski definition) is 5. The van der Waals surface area contributed by atoms with Gasteiger partial charge in [0.15, 0.2) is 6.29 Å². The Morgan fingerprint density at radius 2 is 2.39 bits per heavy atom. The van der Waals surface area contributed by atoms with Crippen LogP contribution in [0.4, 0.5) is 5.82 Å². The Bertz CT molecular complexity index is 461. The number of carbonyl (C=O) groups excluding carboxylic acids is 2. The van der Waals surface area contributed by atoms with Crippen LogP contribution < -0.4 is 15.4 Å². The van der Waals surface area contributed by atoms with E-state index in [0.717, 1.165) is 13.0 Å². The molecule has 1 atom stereocenters. The minimum atomic E-state index is -0.0428. The van der Waals surface area contributed by atoms with Crippen LogP contribution in [-0.4, -0.2) is 36.9 Å². The number of carbonyl (C=O) groups is 2. The number of pyridine rings is 1. The molecule has 0 aliphatic carbocycles. The zero-order valence-corrected chi connectivity index (χ0v) is 10.2. The van der Waals surface area contributed by atoms with Gasteiger partial charge in [-0.15, -0.1) is 0 Å². The van der Waals surface area contributed by atoms with Crippen molar-refractivity contribution >= 4 is 30.1 Å². The summed E-state index contributed by atoms with van der Waals surface area (Å²) in [7, 11) is 0. The van der Waals surface area contributed by atoms with Crippen molar-refractivity contribution in [3.63, 3.8) is 0 Å². The highest BCUT2D eigenvalue weighted by atomic mass is 35.5. The molecule has 1 amide bonds. The second kappa shape index (κ2) is 5.79. The van der Waals surface area contributed by atoms with Gasteiger partial charge in [-0.05, 0) is 13.0 Å². The van der Waals surface area contributed by atoms with Gasteiger partial charge in [-0.3, -0.25) is 9.59 Å². The monoisotopic (exact) mass is 269 g/mol. The molecule has 1 aromatic heterocycles. The molecule has 2 rings (SSSR count). The van der Waals surface area contributed by atoms with Crippen LogP contribution in [0.3, 0.4) is 0 Å². The first kappa shape index (κ1) is 12.8. The zero-order chi connectivity index (χ0) is 13.0. The first-order valence-corrected chi connectivity index (χ1v) is 5.85. The van der Waals surface area contributed by atoms with Crippen molar-refractivity contribution in [3.8, 4) is 5.88 Å². The van der Waals surface area contributed by atoms with Crippen molar-refractivity contribution in [1.82, 2.24) is 10.3 Å². The highest BCUT2D eigenvalue weighted by Crippen LogP contribution is 2.27. The number of nitrogens with zero attached hydrogens (tertiary/aromatic N) is 1. The molecule has 7 heteroatoms. The quantitative estimate of drug-likeness (QED) is 0.775. The number of ether oxygens (including phenoxy) is 1. The fraction of sp³-hybridized carbons (Fsp3) is 0.364. The number of nitrogens with one attached hydrogen (secondary N) is 2. The Morgan fingerprint density at radius 3 is 3.00 bits per heavy atom. The topological polar surface area (TPSA) is 80.3 Å². The molecule has 1 aliphatic heterocycles. The van der Waals surface area contributed by atoms with E-state index >= 15 is 0 Å². The van der Waals surface area contributed by atoms with Gasteiger partial charge in [-0.2, -0.15) is 4.98 Å². The molecule has 0 saturated carbocycles. The lowest BCUT2D eigenvalue weighted by Crippen LogP contribution is -2.21. The third-order valence-electron chi connectivity index (χ3n) is 2.59. The highest BCUT2D eigenvalue weighted by Gasteiger charge is 2.20. The Kier molecular flexibility index (Phi) is 4.11. The molecule has 1 saturated heterocycles. The van der Waals surface area contributed by atoms with E-state index in [9.17, 15) is 9.59 Å². The predicted octanol–water partition coefficient (Wildman–Crippen LogP) is 0.856. The van der Waals surface area contributed by atoms with Crippen molar-refractivity contribution in [1.29, 1.82) is 0 Å². The van der Waals surface area contributed by atoms with E-state index in [-0.39, 0.29) is 28.4 Å². The smallest absolute Gasteiger partial charge is 0.227 e. The number of aldehydes is 1. The summed E-state index contributed by atoms with van der Waals surface area (Å²) in [6.07, 6.45) is 1.87. The fourth-order valence-electron chi connectivity index (χ4n) is 1.72. The first-order chi connectivity index (χ1) is 8.74. The Balaban J connectivity index is 2.28. The number of aromatic nitrogens is 1. The summed E-state index contributed by atoms with van der Waals surface area (Å²) in [5.41, 5.74) is 0.194. The summed E-state index contributed by atoms with van der Waals surface area (Å²) in [6, 6.07) is 1.40. The molecule has 18 heavy (non-hydrogen) atoms. The largest absolute Gasteiger partial charge is 0.472 e. The zero-order valence-electron chi connectivity index (χ0n) is 9.48. The Hall–Kier alpha value is -1.66. The lowest BCUT2D eigenvalue weighted by molar-refractivity contribution is -0.105. The fourth-order valence-corrected chi connectivity index (χ4v) is 1.95. The summed E-state index contributed by atoms with van der Waals surface area (Å²) in [6.45, 7) is 1.56. The standard InChI is InChI=1S/C11H12ClN3O3/c12-9-3-10(14-6-17)15-11(8(9)5-16)18-7-1-2-13-4-7/h3,5-7,13H,1-2,4H2,(H,14,15,17). The molecule has 6 nitrogen and oxygen atoms in total. The third kappa shape index (κ3) is 2.77. The Morgan fingerprint density at radius 1 is 1.56 bits per heavy atom. The van der Waals surface area contributed by atoms with Crippen LogP contribution in [-0.2, 0) is 4.79 Å². The minimum absolute atomic E-state index is 0.0428. The van der Waals surface area contributed by atoms with Crippen molar-refractivity contribution < 1.29 is 14.3 Å². The van der Waals surface area contributed by atoms with E-state index in [2.05, 4.69) is 15.6 Å². The normalized spacial score (nSPS) is 18.4. The van der Waals surface area contributed by atoms with Gasteiger partial charge >= 0.3 is 0 Å². The minimum Gasteiger partial charge on any atom is -0.472 e. The number of halogens is 1. The van der Waals surface area contributed by atoms with Gasteiger partial charge in [-0.1, -0.05) is 11.6 Å². The molecule has 2 heterocycles. The molecule has 1 fully saturated rings. The van der Waals surface area contributed by atoms with E-state index in [1.165, 1.54) is 6.07 Å². The molecule has 2 N–H and O–H groups in total. The van der Waals surface area contributed by atoms with Crippen LogP contribution in [0.5, 0.6) is 5.88 Å². The lowest BCUT2D eigenvalue weighted by Gasteiger charge is -2.14. The van der Waals surface area contributed by atoms with Gasteiger partial charge in [0.1, 0.15) is 11.9 Å². The number of amides is 1.